The molecule has 0 aromatic rings. The zero-order chi connectivity index (χ0) is 5.86. The third kappa shape index (κ3) is 6.07. The topological polar surface area (TPSA) is 68.3 Å². The zero-order valence-electron chi connectivity index (χ0n) is 2.90. The normalized spacial score (nSPS) is 6.86. The fraction of sp³-hybridized carbons (Fsp3) is 0. The number of hydrogen-bond acceptors (Lipinski definition) is 4. The van der Waals surface area contributed by atoms with Crippen molar-refractivity contribution in [3.63, 3.8) is 0 Å². The van der Waals surface area contributed by atoms with Gasteiger partial charge >= 0.3 is 42.7 Å². The molecule has 7 heteroatoms. The molecule has 0 saturated carbocycles. The average molecular weight is 159 g/mol. The van der Waals surface area contributed by atoms with Gasteiger partial charge in [-0.05, 0) is 0 Å². The van der Waals surface area contributed by atoms with Gasteiger partial charge in [0, 0.05) is 0 Å². The number of hydrogen-bond donors (Lipinski definition) is 0. The van der Waals surface area contributed by atoms with Crippen LogP contribution in [0.3, 0.4) is 0 Å². The van der Waals surface area contributed by atoms with Crippen LogP contribution in [0.4, 0.5) is 0 Å². The standard InChI is InChI=1S/O4PS2/c1-6(2)5-7(3)4/q+1. The van der Waals surface area contributed by atoms with Crippen LogP contribution in [0.1, 0.15) is 0 Å². The summed E-state index contributed by atoms with van der Waals surface area (Å²) in [5.41, 5.74) is 0. The summed E-state index contributed by atoms with van der Waals surface area (Å²) in [5.74, 6) is 0. The molecule has 0 aromatic carbocycles. The summed E-state index contributed by atoms with van der Waals surface area (Å²) in [4.78, 5) is 0. The SMILES string of the molecule is O=S(=O)=[P+]=S(=O)=O. The van der Waals surface area contributed by atoms with Crippen molar-refractivity contribution < 1.29 is 16.8 Å². The van der Waals surface area contributed by atoms with Crippen molar-refractivity contribution in [2.75, 3.05) is 0 Å². The molecule has 0 atom stereocenters. The van der Waals surface area contributed by atoms with Gasteiger partial charge in [-0.25, -0.2) is 0 Å². The minimum atomic E-state index is -2.49. The van der Waals surface area contributed by atoms with Gasteiger partial charge in [0.1, 0.15) is 0 Å². The molecule has 0 unspecified atom stereocenters. The Labute approximate surface area is 43.4 Å². The van der Waals surface area contributed by atoms with Gasteiger partial charge in [-0.15, -0.1) is 0 Å². The summed E-state index contributed by atoms with van der Waals surface area (Å²) in [6.07, 6.45) is -0.590. The van der Waals surface area contributed by atoms with Gasteiger partial charge in [0.2, 0.25) is 0 Å². The average Bonchev–Trinajstić information content (AvgIpc) is 1.27. The van der Waals surface area contributed by atoms with Crippen molar-refractivity contribution in [2.45, 2.75) is 0 Å². The first-order chi connectivity index (χ1) is 3.13. The van der Waals surface area contributed by atoms with E-state index in [9.17, 15) is 16.8 Å². The Balaban J connectivity index is 5.91. The monoisotopic (exact) mass is 159 g/mol. The van der Waals surface area contributed by atoms with Crippen LogP contribution in [0.15, 0.2) is 0 Å². The van der Waals surface area contributed by atoms with E-state index in [1.54, 1.807) is 0 Å². The van der Waals surface area contributed by atoms with Crippen molar-refractivity contribution >= 4 is 25.9 Å². The van der Waals surface area contributed by atoms with E-state index in [0.29, 0.717) is 0 Å². The molecule has 0 fully saturated rings. The third-order valence-electron chi connectivity index (χ3n) is 0.122. The van der Waals surface area contributed by atoms with Crippen LogP contribution in [-0.2, 0) is 19.8 Å². The van der Waals surface area contributed by atoms with Crippen LogP contribution in [0.5, 0.6) is 0 Å². The van der Waals surface area contributed by atoms with Crippen LogP contribution in [-0.4, -0.2) is 16.8 Å². The van der Waals surface area contributed by atoms with E-state index in [0.717, 1.165) is 0 Å². The van der Waals surface area contributed by atoms with Crippen molar-refractivity contribution in [3.8, 4) is 0 Å². The summed E-state index contributed by atoms with van der Waals surface area (Å²) >= 11 is 0. The first-order valence-corrected chi connectivity index (χ1v) is 5.29. The van der Waals surface area contributed by atoms with Gasteiger partial charge in [0.25, 0.3) is 0 Å². The van der Waals surface area contributed by atoms with Crippen LogP contribution in [0, 0.1) is 0 Å². The van der Waals surface area contributed by atoms with E-state index < -0.39 is 25.9 Å². The fourth-order valence-electron chi connectivity index (χ4n) is 0.0497. The van der Waals surface area contributed by atoms with Gasteiger partial charge in [0.05, 0.1) is 0 Å². The second kappa shape index (κ2) is 3.12. The summed E-state index contributed by atoms with van der Waals surface area (Å²) in [6.45, 7) is 0. The zero-order valence-corrected chi connectivity index (χ0v) is 5.42. The van der Waals surface area contributed by atoms with Gasteiger partial charge < -0.3 is 0 Å². The van der Waals surface area contributed by atoms with Gasteiger partial charge in [-0.2, -0.15) is 0 Å². The van der Waals surface area contributed by atoms with Crippen molar-refractivity contribution in [3.05, 3.63) is 0 Å². The quantitative estimate of drug-likeness (QED) is 0.447. The van der Waals surface area contributed by atoms with E-state index in [-0.39, 0.29) is 0 Å². The van der Waals surface area contributed by atoms with E-state index in [1.165, 1.54) is 0 Å². The summed E-state index contributed by atoms with van der Waals surface area (Å²) in [5, 5.41) is 0. The molecule has 7 heavy (non-hydrogen) atoms. The molecule has 0 rings (SSSR count). The van der Waals surface area contributed by atoms with E-state index in [2.05, 4.69) is 0 Å². The molecule has 40 valence electrons. The molecule has 0 heterocycles. The third-order valence-corrected chi connectivity index (χ3v) is 3.29. The maximum atomic E-state index is 9.40. The van der Waals surface area contributed by atoms with E-state index in [4.69, 9.17) is 0 Å². The van der Waals surface area contributed by atoms with E-state index in [1.807, 2.05) is 0 Å². The molecule has 0 saturated heterocycles. The van der Waals surface area contributed by atoms with Crippen molar-refractivity contribution in [1.82, 2.24) is 0 Å². The summed E-state index contributed by atoms with van der Waals surface area (Å²) in [6, 6.07) is 0. The molecule has 0 radical (unpaired) electrons. The Kier molecular flexibility index (Phi) is 3.15. The molecule has 0 spiro atoms. The van der Waals surface area contributed by atoms with Crippen LogP contribution in [0.25, 0.3) is 0 Å². The van der Waals surface area contributed by atoms with Crippen molar-refractivity contribution in [1.29, 1.82) is 0 Å². The van der Waals surface area contributed by atoms with Gasteiger partial charge in [0.15, 0.2) is 0 Å². The summed E-state index contributed by atoms with van der Waals surface area (Å²) in [7, 11) is -4.97. The second-order valence-corrected chi connectivity index (χ2v) is 5.10. The van der Waals surface area contributed by atoms with Crippen LogP contribution >= 0.6 is 6.13 Å². The molecule has 0 aromatic heterocycles. The Morgan fingerprint density at radius 3 is 1.14 bits per heavy atom. The molecule has 0 aliphatic carbocycles. The second-order valence-electron chi connectivity index (χ2n) is 0.509. The Morgan fingerprint density at radius 2 is 1.14 bits per heavy atom. The molecule has 0 amide bonds. The molecule has 0 aliphatic heterocycles. The molecule has 0 bridgehead atoms. The predicted octanol–water partition coefficient (Wildman–Crippen LogP) is -0.479. The first-order valence-electron chi connectivity index (χ1n) is 1.03. The molecule has 0 aliphatic rings. The molecular weight excluding hydrogens is 159 g/mol. The Bertz CT molecular complexity index is 250. The maximum absolute atomic E-state index is 9.40. The van der Waals surface area contributed by atoms with E-state index >= 15 is 0 Å². The van der Waals surface area contributed by atoms with Gasteiger partial charge in [-0.3, -0.25) is 0 Å². The van der Waals surface area contributed by atoms with Gasteiger partial charge in [-0.1, -0.05) is 0 Å². The molecule has 4 nitrogen and oxygen atoms in total. The first kappa shape index (κ1) is 7.07. The molecule has 0 N–H and O–H groups in total. The van der Waals surface area contributed by atoms with Crippen molar-refractivity contribution in [2.24, 2.45) is 0 Å². The van der Waals surface area contributed by atoms with Crippen LogP contribution < -0.4 is 0 Å². The summed E-state index contributed by atoms with van der Waals surface area (Å²) < 4.78 is 37.6. The van der Waals surface area contributed by atoms with Crippen LogP contribution in [0.2, 0.25) is 0 Å². The Hall–Kier alpha value is 0.0700. The minimum absolute atomic E-state index is 0.590. The predicted molar refractivity (Wildman–Crippen MR) is 24.8 cm³/mol. The molecular formula is O4PS2+. The fourth-order valence-corrected chi connectivity index (χ4v) is 1.34. The Morgan fingerprint density at radius 1 is 0.857 bits per heavy atom. The number of rotatable bonds is 0.